The van der Waals surface area contributed by atoms with Crippen molar-refractivity contribution in [2.24, 2.45) is 5.41 Å². The summed E-state index contributed by atoms with van der Waals surface area (Å²) in [7, 11) is 1.74. The van der Waals surface area contributed by atoms with Gasteiger partial charge in [-0.3, -0.25) is 4.79 Å². The first kappa shape index (κ1) is 15.4. The Hall–Kier alpha value is -0.610. The molecule has 1 rings (SSSR count). The van der Waals surface area contributed by atoms with E-state index >= 15 is 0 Å². The number of methoxy groups -OCH3 is 1. The second kappa shape index (κ2) is 6.53. The number of ether oxygens (including phenoxy) is 1. The molecule has 1 aliphatic carbocycles. The summed E-state index contributed by atoms with van der Waals surface area (Å²) >= 11 is 0. The fourth-order valence-electron chi connectivity index (χ4n) is 1.96. The van der Waals surface area contributed by atoms with Gasteiger partial charge in [-0.25, -0.2) is 0 Å². The molecule has 0 unspecified atom stereocenters. The highest BCUT2D eigenvalue weighted by atomic mass is 16.5. The van der Waals surface area contributed by atoms with Crippen molar-refractivity contribution < 1.29 is 9.53 Å². The molecule has 106 valence electrons. The standard InChI is InChI=1S/C14H28N2O2/c1-5-13(2,3)16-12(17)10-15-11-14(6-7-14)8-9-18-4/h15H,5-11H2,1-4H3,(H,16,17). The molecule has 18 heavy (non-hydrogen) atoms. The fraction of sp³-hybridized carbons (Fsp3) is 0.929. The maximum Gasteiger partial charge on any atom is 0.234 e. The van der Waals surface area contributed by atoms with Crippen molar-refractivity contribution in [3.8, 4) is 0 Å². The van der Waals surface area contributed by atoms with Crippen LogP contribution in [0.15, 0.2) is 0 Å². The van der Waals surface area contributed by atoms with Gasteiger partial charge < -0.3 is 15.4 Å². The Morgan fingerprint density at radius 2 is 2.06 bits per heavy atom. The van der Waals surface area contributed by atoms with Crippen molar-refractivity contribution in [1.29, 1.82) is 0 Å². The molecule has 0 aromatic carbocycles. The van der Waals surface area contributed by atoms with Crippen LogP contribution in [0.2, 0.25) is 0 Å². The minimum Gasteiger partial charge on any atom is -0.385 e. The number of rotatable bonds is 9. The van der Waals surface area contributed by atoms with Crippen LogP contribution >= 0.6 is 0 Å². The zero-order valence-corrected chi connectivity index (χ0v) is 12.3. The third-order valence-electron chi connectivity index (χ3n) is 3.94. The summed E-state index contributed by atoms with van der Waals surface area (Å²) in [5.41, 5.74) is 0.294. The van der Waals surface area contributed by atoms with Crippen molar-refractivity contribution in [3.63, 3.8) is 0 Å². The van der Waals surface area contributed by atoms with E-state index in [1.165, 1.54) is 12.8 Å². The second-order valence-corrected chi connectivity index (χ2v) is 6.13. The lowest BCUT2D eigenvalue weighted by Gasteiger charge is -2.25. The van der Waals surface area contributed by atoms with Crippen molar-refractivity contribution >= 4 is 5.91 Å². The van der Waals surface area contributed by atoms with Crippen molar-refractivity contribution in [3.05, 3.63) is 0 Å². The van der Waals surface area contributed by atoms with Gasteiger partial charge in [0.05, 0.1) is 6.54 Å². The van der Waals surface area contributed by atoms with Gasteiger partial charge in [-0.1, -0.05) is 6.92 Å². The number of hydrogen-bond acceptors (Lipinski definition) is 3. The number of carbonyl (C=O) groups excluding carboxylic acids is 1. The molecular formula is C14H28N2O2. The van der Waals surface area contributed by atoms with Gasteiger partial charge in [0.15, 0.2) is 0 Å². The minimum absolute atomic E-state index is 0.0874. The molecule has 0 atom stereocenters. The van der Waals surface area contributed by atoms with Gasteiger partial charge >= 0.3 is 0 Å². The van der Waals surface area contributed by atoms with Gasteiger partial charge in [0.25, 0.3) is 0 Å². The Kier molecular flexibility index (Phi) is 5.60. The van der Waals surface area contributed by atoms with Gasteiger partial charge in [0, 0.05) is 25.8 Å². The molecule has 0 spiro atoms. The van der Waals surface area contributed by atoms with Crippen molar-refractivity contribution in [2.45, 2.75) is 52.0 Å². The predicted molar refractivity (Wildman–Crippen MR) is 73.5 cm³/mol. The van der Waals surface area contributed by atoms with Crippen LogP contribution in [0.3, 0.4) is 0 Å². The Morgan fingerprint density at radius 1 is 1.39 bits per heavy atom. The van der Waals surface area contributed by atoms with Crippen LogP contribution in [0.5, 0.6) is 0 Å². The van der Waals surface area contributed by atoms with Gasteiger partial charge in [-0.05, 0) is 44.9 Å². The van der Waals surface area contributed by atoms with Crippen LogP contribution in [0.1, 0.15) is 46.5 Å². The molecule has 1 fully saturated rings. The van der Waals surface area contributed by atoms with Gasteiger partial charge in [-0.2, -0.15) is 0 Å². The first-order valence-corrected chi connectivity index (χ1v) is 6.94. The molecule has 0 bridgehead atoms. The lowest BCUT2D eigenvalue weighted by molar-refractivity contribution is -0.121. The molecular weight excluding hydrogens is 228 g/mol. The van der Waals surface area contributed by atoms with Crippen LogP contribution in [-0.2, 0) is 9.53 Å². The molecule has 4 heteroatoms. The number of nitrogens with one attached hydrogen (secondary N) is 2. The molecule has 0 heterocycles. The molecule has 1 saturated carbocycles. The molecule has 0 saturated heterocycles. The average Bonchev–Trinajstić information content (AvgIpc) is 3.06. The molecule has 4 nitrogen and oxygen atoms in total. The van der Waals surface area contributed by atoms with Crippen LogP contribution in [0.4, 0.5) is 0 Å². The van der Waals surface area contributed by atoms with Crippen LogP contribution < -0.4 is 10.6 Å². The summed E-state index contributed by atoms with van der Waals surface area (Å²) in [6.45, 7) is 8.33. The molecule has 2 N–H and O–H groups in total. The summed E-state index contributed by atoms with van der Waals surface area (Å²) in [5.74, 6) is 0.0874. The highest BCUT2D eigenvalue weighted by molar-refractivity contribution is 5.78. The van der Waals surface area contributed by atoms with Crippen LogP contribution in [0, 0.1) is 5.41 Å². The average molecular weight is 256 g/mol. The smallest absolute Gasteiger partial charge is 0.234 e. The van der Waals surface area contributed by atoms with E-state index in [-0.39, 0.29) is 11.4 Å². The summed E-state index contributed by atoms with van der Waals surface area (Å²) in [6, 6.07) is 0. The maximum atomic E-state index is 11.7. The van der Waals surface area contributed by atoms with E-state index < -0.39 is 0 Å². The largest absolute Gasteiger partial charge is 0.385 e. The lowest BCUT2D eigenvalue weighted by Crippen LogP contribution is -2.47. The molecule has 0 aromatic heterocycles. The van der Waals surface area contributed by atoms with Crippen molar-refractivity contribution in [2.75, 3.05) is 26.8 Å². The molecule has 0 radical (unpaired) electrons. The lowest BCUT2D eigenvalue weighted by atomic mass is 10.0. The quantitative estimate of drug-likeness (QED) is 0.660. The summed E-state index contributed by atoms with van der Waals surface area (Å²) in [4.78, 5) is 11.7. The third kappa shape index (κ3) is 5.36. The maximum absolute atomic E-state index is 11.7. The van der Waals surface area contributed by atoms with Gasteiger partial charge in [0.1, 0.15) is 0 Å². The molecule has 1 aliphatic rings. The zero-order chi connectivity index (χ0) is 13.6. The Labute approximate surface area is 111 Å². The van der Waals surface area contributed by atoms with Crippen LogP contribution in [-0.4, -0.2) is 38.3 Å². The van der Waals surface area contributed by atoms with Gasteiger partial charge in [0.2, 0.25) is 5.91 Å². The predicted octanol–water partition coefficient (Wildman–Crippen LogP) is 1.70. The van der Waals surface area contributed by atoms with E-state index in [1.807, 2.05) is 13.8 Å². The van der Waals surface area contributed by atoms with E-state index in [4.69, 9.17) is 4.74 Å². The van der Waals surface area contributed by atoms with Crippen LogP contribution in [0.25, 0.3) is 0 Å². The highest BCUT2D eigenvalue weighted by Gasteiger charge is 2.41. The first-order valence-electron chi connectivity index (χ1n) is 6.94. The fourth-order valence-corrected chi connectivity index (χ4v) is 1.96. The highest BCUT2D eigenvalue weighted by Crippen LogP contribution is 2.48. The summed E-state index contributed by atoms with van der Waals surface area (Å²) in [5, 5.41) is 6.31. The number of amides is 1. The Morgan fingerprint density at radius 3 is 2.56 bits per heavy atom. The normalized spacial score (nSPS) is 17.6. The Balaban J connectivity index is 2.16. The SMILES string of the molecule is CCC(C)(C)NC(=O)CNCC1(CCOC)CC1. The second-order valence-electron chi connectivity index (χ2n) is 6.13. The molecule has 0 aromatic rings. The number of hydrogen-bond donors (Lipinski definition) is 2. The molecule has 0 aliphatic heterocycles. The van der Waals surface area contributed by atoms with E-state index in [2.05, 4.69) is 17.6 Å². The summed E-state index contributed by atoms with van der Waals surface area (Å²) < 4.78 is 5.12. The van der Waals surface area contributed by atoms with E-state index in [1.54, 1.807) is 7.11 Å². The topological polar surface area (TPSA) is 50.4 Å². The van der Waals surface area contributed by atoms with Gasteiger partial charge in [-0.15, -0.1) is 0 Å². The monoisotopic (exact) mass is 256 g/mol. The number of carbonyl (C=O) groups is 1. The van der Waals surface area contributed by atoms with E-state index in [0.717, 1.165) is 26.0 Å². The van der Waals surface area contributed by atoms with E-state index in [9.17, 15) is 4.79 Å². The zero-order valence-electron chi connectivity index (χ0n) is 12.3. The third-order valence-corrected chi connectivity index (χ3v) is 3.94. The van der Waals surface area contributed by atoms with Crippen molar-refractivity contribution in [1.82, 2.24) is 10.6 Å². The minimum atomic E-state index is -0.105. The molecule has 1 amide bonds. The summed E-state index contributed by atoms with van der Waals surface area (Å²) in [6.07, 6.45) is 4.55. The Bertz CT molecular complexity index is 273. The first-order chi connectivity index (χ1) is 8.43. The van der Waals surface area contributed by atoms with E-state index in [0.29, 0.717) is 12.0 Å².